The Balaban J connectivity index is 1.25. The zero-order valence-electron chi connectivity index (χ0n) is 20.9. The number of carbonyl (C=O) groups excluding carboxylic acids is 1. The molecule has 3 aromatic carbocycles. The lowest BCUT2D eigenvalue weighted by atomic mass is 9.77. The Morgan fingerprint density at radius 1 is 0.821 bits per heavy atom. The topological polar surface area (TPSA) is 76.2 Å². The molecule has 0 saturated carbocycles. The van der Waals surface area contributed by atoms with E-state index in [0.29, 0.717) is 31.5 Å². The summed E-state index contributed by atoms with van der Waals surface area (Å²) < 4.78 is 75.7. The second-order valence-electron chi connectivity index (χ2n) is 9.65. The molecule has 1 amide bonds. The number of alkyl halides is 3. The summed E-state index contributed by atoms with van der Waals surface area (Å²) in [6.45, 7) is 0.978. The number of para-hydroxylation sites is 1. The number of halogens is 3. The van der Waals surface area contributed by atoms with Crippen LogP contribution in [0.25, 0.3) is 0 Å². The van der Waals surface area contributed by atoms with Crippen LogP contribution in [0.4, 0.5) is 18.9 Å². The number of hydrogen-bond acceptors (Lipinski definition) is 5. The molecule has 1 spiro atoms. The fraction of sp³-hybridized carbons (Fsp3) is 0.321. The van der Waals surface area contributed by atoms with Gasteiger partial charge >= 0.3 is 6.36 Å². The van der Waals surface area contributed by atoms with Crippen molar-refractivity contribution in [3.63, 3.8) is 0 Å². The number of anilines is 1. The van der Waals surface area contributed by atoms with Crippen LogP contribution in [0.2, 0.25) is 0 Å². The van der Waals surface area contributed by atoms with Crippen LogP contribution in [0.1, 0.15) is 24.8 Å². The number of benzene rings is 3. The lowest BCUT2D eigenvalue weighted by Gasteiger charge is -2.37. The summed E-state index contributed by atoms with van der Waals surface area (Å²) in [5.74, 6) is -0.238. The van der Waals surface area contributed by atoms with Crippen molar-refractivity contribution >= 4 is 21.6 Å². The van der Waals surface area contributed by atoms with Gasteiger partial charge in [-0.15, -0.1) is 13.2 Å². The molecule has 5 rings (SSSR count). The van der Waals surface area contributed by atoms with Crippen molar-refractivity contribution in [1.82, 2.24) is 4.31 Å². The highest BCUT2D eigenvalue weighted by Gasteiger charge is 2.50. The zero-order valence-corrected chi connectivity index (χ0v) is 21.7. The minimum Gasteiger partial charge on any atom is -0.487 e. The number of amides is 1. The molecule has 0 atom stereocenters. The van der Waals surface area contributed by atoms with Gasteiger partial charge in [0, 0.05) is 25.3 Å². The van der Waals surface area contributed by atoms with Gasteiger partial charge < -0.3 is 14.4 Å². The number of piperidine rings is 1. The first-order valence-electron chi connectivity index (χ1n) is 12.5. The lowest BCUT2D eigenvalue weighted by Crippen LogP contribution is -2.46. The number of ether oxygens (including phenoxy) is 2. The van der Waals surface area contributed by atoms with E-state index in [1.165, 1.54) is 34.6 Å². The molecule has 0 aliphatic carbocycles. The van der Waals surface area contributed by atoms with Gasteiger partial charge in [0.15, 0.2) is 0 Å². The highest BCUT2D eigenvalue weighted by molar-refractivity contribution is 7.89. The first-order chi connectivity index (χ1) is 18.6. The SMILES string of the molecule is O=C1N(c2ccc(OC(F)(F)F)cc2)CCC12CCN(S(=O)(=O)c1ccccc1OCc1ccccc1)CC2. The Morgan fingerprint density at radius 2 is 1.44 bits per heavy atom. The van der Waals surface area contributed by atoms with E-state index in [9.17, 15) is 26.4 Å². The normalized spacial score (nSPS) is 17.9. The standard InChI is InChI=1S/C28H27F3N2O5S/c29-28(30,31)38-23-12-10-22(11-13-23)33-19-16-27(26(33)34)14-17-32(18-15-27)39(35,36)25-9-5-4-8-24(25)37-20-21-6-2-1-3-7-21/h1-13H,14-20H2. The summed E-state index contributed by atoms with van der Waals surface area (Å²) >= 11 is 0. The highest BCUT2D eigenvalue weighted by atomic mass is 32.2. The molecule has 2 fully saturated rings. The molecule has 2 aliphatic rings. The number of hydrogen-bond donors (Lipinski definition) is 0. The van der Waals surface area contributed by atoms with Gasteiger partial charge in [-0.2, -0.15) is 4.31 Å². The molecule has 11 heteroatoms. The molecule has 0 unspecified atom stereocenters. The molecule has 0 N–H and O–H groups in total. The van der Waals surface area contributed by atoms with E-state index in [1.807, 2.05) is 30.3 Å². The van der Waals surface area contributed by atoms with Crippen LogP contribution in [-0.2, 0) is 21.4 Å². The van der Waals surface area contributed by atoms with Crippen molar-refractivity contribution in [2.45, 2.75) is 37.1 Å². The van der Waals surface area contributed by atoms with Gasteiger partial charge in [-0.1, -0.05) is 42.5 Å². The maximum Gasteiger partial charge on any atom is 0.573 e. The Morgan fingerprint density at radius 3 is 2.10 bits per heavy atom. The van der Waals surface area contributed by atoms with Gasteiger partial charge in [0.25, 0.3) is 0 Å². The average molecular weight is 561 g/mol. The molecule has 39 heavy (non-hydrogen) atoms. The van der Waals surface area contributed by atoms with Gasteiger partial charge in [0.2, 0.25) is 15.9 Å². The number of sulfonamides is 1. The number of nitrogens with zero attached hydrogens (tertiary/aromatic N) is 2. The van der Waals surface area contributed by atoms with Crippen LogP contribution in [0.3, 0.4) is 0 Å². The van der Waals surface area contributed by atoms with Crippen molar-refractivity contribution < 1.29 is 35.9 Å². The quantitative estimate of drug-likeness (QED) is 0.388. The molecule has 2 saturated heterocycles. The third kappa shape index (κ3) is 5.74. The molecule has 0 aromatic heterocycles. The third-order valence-electron chi connectivity index (χ3n) is 7.28. The smallest absolute Gasteiger partial charge is 0.487 e. The van der Waals surface area contributed by atoms with E-state index < -0.39 is 21.8 Å². The van der Waals surface area contributed by atoms with Gasteiger partial charge in [0.05, 0.1) is 5.41 Å². The van der Waals surface area contributed by atoms with Gasteiger partial charge in [0.1, 0.15) is 23.0 Å². The van der Waals surface area contributed by atoms with Crippen molar-refractivity contribution in [1.29, 1.82) is 0 Å². The first kappa shape index (κ1) is 27.0. The van der Waals surface area contributed by atoms with E-state index >= 15 is 0 Å². The summed E-state index contributed by atoms with van der Waals surface area (Å²) in [5.41, 5.74) is 0.679. The van der Waals surface area contributed by atoms with E-state index in [2.05, 4.69) is 4.74 Å². The largest absolute Gasteiger partial charge is 0.573 e. The molecule has 2 heterocycles. The highest BCUT2D eigenvalue weighted by Crippen LogP contribution is 2.44. The molecule has 3 aromatic rings. The lowest BCUT2D eigenvalue weighted by molar-refractivity contribution is -0.274. The van der Waals surface area contributed by atoms with Crippen LogP contribution in [0.15, 0.2) is 83.8 Å². The van der Waals surface area contributed by atoms with E-state index in [1.54, 1.807) is 23.1 Å². The number of carbonyl (C=O) groups is 1. The fourth-order valence-electron chi connectivity index (χ4n) is 5.17. The molecule has 2 aliphatic heterocycles. The first-order valence-corrected chi connectivity index (χ1v) is 14.0. The van der Waals surface area contributed by atoms with Gasteiger partial charge in [-0.3, -0.25) is 4.79 Å². The maximum absolute atomic E-state index is 13.6. The van der Waals surface area contributed by atoms with Crippen molar-refractivity contribution in [2.24, 2.45) is 5.41 Å². The van der Waals surface area contributed by atoms with Crippen molar-refractivity contribution in [3.8, 4) is 11.5 Å². The van der Waals surface area contributed by atoms with Crippen LogP contribution in [0.5, 0.6) is 11.5 Å². The Hall–Kier alpha value is -3.57. The minimum atomic E-state index is -4.79. The molecule has 7 nitrogen and oxygen atoms in total. The summed E-state index contributed by atoms with van der Waals surface area (Å²) in [6.07, 6.45) is -3.55. The predicted molar refractivity (Wildman–Crippen MR) is 138 cm³/mol. The van der Waals surface area contributed by atoms with Gasteiger partial charge in [-0.25, -0.2) is 8.42 Å². The Kier molecular flexibility index (Phi) is 7.30. The Labute approximate surface area is 224 Å². The van der Waals surface area contributed by atoms with E-state index in [-0.39, 0.29) is 42.0 Å². The van der Waals surface area contributed by atoms with Crippen molar-refractivity contribution in [3.05, 3.63) is 84.4 Å². The Bertz CT molecular complexity index is 1420. The van der Waals surface area contributed by atoms with Crippen LogP contribution in [0, 0.1) is 5.41 Å². The van der Waals surface area contributed by atoms with Crippen molar-refractivity contribution in [2.75, 3.05) is 24.5 Å². The summed E-state index contributed by atoms with van der Waals surface area (Å²) in [6, 6.07) is 21.2. The second-order valence-corrected chi connectivity index (χ2v) is 11.6. The predicted octanol–water partition coefficient (Wildman–Crippen LogP) is 5.37. The maximum atomic E-state index is 13.6. The average Bonchev–Trinajstić information content (AvgIpc) is 3.23. The summed E-state index contributed by atoms with van der Waals surface area (Å²) in [4.78, 5) is 15.1. The van der Waals surface area contributed by atoms with E-state index in [0.717, 1.165) is 5.56 Å². The molecule has 0 radical (unpaired) electrons. The zero-order chi connectivity index (χ0) is 27.7. The molecular weight excluding hydrogens is 533 g/mol. The van der Waals surface area contributed by atoms with Crippen LogP contribution >= 0.6 is 0 Å². The molecule has 0 bridgehead atoms. The molecular formula is C28H27F3N2O5S. The molecule has 206 valence electrons. The second kappa shape index (κ2) is 10.5. The van der Waals surface area contributed by atoms with Crippen LogP contribution in [-0.4, -0.2) is 44.6 Å². The fourth-order valence-corrected chi connectivity index (χ4v) is 6.74. The third-order valence-corrected chi connectivity index (χ3v) is 9.22. The minimum absolute atomic E-state index is 0.0809. The van der Waals surface area contributed by atoms with Gasteiger partial charge in [-0.05, 0) is 61.2 Å². The summed E-state index contributed by atoms with van der Waals surface area (Å²) in [7, 11) is -3.87. The number of rotatable bonds is 7. The van der Waals surface area contributed by atoms with E-state index in [4.69, 9.17) is 4.74 Å². The van der Waals surface area contributed by atoms with Crippen LogP contribution < -0.4 is 14.4 Å². The monoisotopic (exact) mass is 560 g/mol. The summed E-state index contributed by atoms with van der Waals surface area (Å²) in [5, 5.41) is 0.